The molecular formula is C24H19Br2ClN2O4. The SMILES string of the molecule is COc1cc(C=NN2C(=O)[C@@H]3[C@H](C2=O)[C@H]2C=C[C@H]3C2)c(Br)c(Br)c1OCc1ccccc1Cl. The van der Waals surface area contributed by atoms with Gasteiger partial charge >= 0.3 is 0 Å². The van der Waals surface area contributed by atoms with E-state index in [1.165, 1.54) is 13.3 Å². The summed E-state index contributed by atoms with van der Waals surface area (Å²) in [4.78, 5) is 25.7. The van der Waals surface area contributed by atoms with Gasteiger partial charge in [0.2, 0.25) is 0 Å². The maximum absolute atomic E-state index is 12.9. The fourth-order valence-corrected chi connectivity index (χ4v) is 6.00. The van der Waals surface area contributed by atoms with Crippen molar-refractivity contribution in [2.24, 2.45) is 28.8 Å². The van der Waals surface area contributed by atoms with Crippen molar-refractivity contribution in [3.63, 3.8) is 0 Å². The maximum atomic E-state index is 12.9. The van der Waals surface area contributed by atoms with Crippen LogP contribution < -0.4 is 9.47 Å². The van der Waals surface area contributed by atoms with Gasteiger partial charge in [-0.2, -0.15) is 10.1 Å². The minimum atomic E-state index is -0.282. The zero-order chi connectivity index (χ0) is 23.3. The molecule has 1 aliphatic heterocycles. The summed E-state index contributed by atoms with van der Waals surface area (Å²) in [7, 11) is 1.54. The number of hydrazone groups is 1. The minimum absolute atomic E-state index is 0.146. The Labute approximate surface area is 212 Å². The number of rotatable bonds is 6. The molecule has 4 atom stereocenters. The first-order chi connectivity index (χ1) is 15.9. The zero-order valence-corrected chi connectivity index (χ0v) is 21.4. The van der Waals surface area contributed by atoms with E-state index in [0.717, 1.165) is 17.0 Å². The number of halogens is 3. The molecule has 6 nitrogen and oxygen atoms in total. The van der Waals surface area contributed by atoms with Crippen LogP contribution in [0.3, 0.4) is 0 Å². The smallest absolute Gasteiger partial charge is 0.254 e. The van der Waals surface area contributed by atoms with Crippen molar-refractivity contribution in [2.75, 3.05) is 7.11 Å². The van der Waals surface area contributed by atoms with E-state index in [0.29, 0.717) is 31.0 Å². The number of methoxy groups -OCH3 is 1. The van der Waals surface area contributed by atoms with Crippen LogP contribution in [-0.2, 0) is 16.2 Å². The molecule has 9 heteroatoms. The van der Waals surface area contributed by atoms with Crippen LogP contribution in [0.4, 0.5) is 0 Å². The van der Waals surface area contributed by atoms with Gasteiger partial charge in [0, 0.05) is 20.6 Å². The standard InChI is InChI=1S/C24H19Br2ClN2O4/c1-32-17-9-15(20(25)21(26)22(17)33-11-14-4-2-3-5-16(14)27)10-28-29-23(30)18-12-6-7-13(8-12)19(18)24(29)31/h2-7,9-10,12-13,18-19H,8,11H2,1H3/t12-,13-,18-,19+/m0/s1. The third-order valence-electron chi connectivity index (χ3n) is 6.47. The van der Waals surface area contributed by atoms with Crippen molar-refractivity contribution < 1.29 is 19.1 Å². The molecule has 0 unspecified atom stereocenters. The van der Waals surface area contributed by atoms with Gasteiger partial charge in [-0.15, -0.1) is 0 Å². The summed E-state index contributed by atoms with van der Waals surface area (Å²) < 4.78 is 12.8. The Morgan fingerprint density at radius 1 is 1.12 bits per heavy atom. The van der Waals surface area contributed by atoms with Crippen molar-refractivity contribution in [1.82, 2.24) is 5.01 Å². The first kappa shape index (κ1) is 22.6. The molecular weight excluding hydrogens is 576 g/mol. The Bertz CT molecular complexity index is 1190. The van der Waals surface area contributed by atoms with Gasteiger partial charge in [0.15, 0.2) is 11.5 Å². The number of carbonyl (C=O) groups excluding carboxylic acids is 2. The average molecular weight is 595 g/mol. The minimum Gasteiger partial charge on any atom is -0.493 e. The van der Waals surface area contributed by atoms with Crippen LogP contribution in [0.2, 0.25) is 5.02 Å². The van der Waals surface area contributed by atoms with Gasteiger partial charge in [-0.3, -0.25) is 9.59 Å². The van der Waals surface area contributed by atoms with Gasteiger partial charge in [0.25, 0.3) is 11.8 Å². The molecule has 0 aromatic heterocycles. The molecule has 2 amide bonds. The third-order valence-corrected chi connectivity index (χ3v) is 8.98. The van der Waals surface area contributed by atoms with Crippen LogP contribution in [-0.4, -0.2) is 30.1 Å². The first-order valence-electron chi connectivity index (χ1n) is 10.4. The molecule has 5 rings (SSSR count). The topological polar surface area (TPSA) is 68.2 Å². The second-order valence-corrected chi connectivity index (χ2v) is 10.2. The number of allylic oxidation sites excluding steroid dienone is 2. The fourth-order valence-electron chi connectivity index (χ4n) is 4.87. The van der Waals surface area contributed by atoms with E-state index in [1.807, 2.05) is 18.2 Å². The lowest BCUT2D eigenvalue weighted by molar-refractivity contribution is -0.140. The van der Waals surface area contributed by atoms with Crippen LogP contribution >= 0.6 is 43.5 Å². The van der Waals surface area contributed by atoms with Crippen LogP contribution in [0.15, 0.2) is 56.5 Å². The van der Waals surface area contributed by atoms with Crippen LogP contribution in [0.25, 0.3) is 0 Å². The molecule has 2 aromatic carbocycles. The first-order valence-corrected chi connectivity index (χ1v) is 12.4. The van der Waals surface area contributed by atoms with Crippen molar-refractivity contribution in [3.8, 4) is 11.5 Å². The van der Waals surface area contributed by atoms with E-state index in [2.05, 4.69) is 49.1 Å². The van der Waals surface area contributed by atoms with E-state index in [-0.39, 0.29) is 42.1 Å². The predicted octanol–water partition coefficient (Wildman–Crippen LogP) is 5.59. The quantitative estimate of drug-likeness (QED) is 0.248. The highest BCUT2D eigenvalue weighted by Gasteiger charge is 2.59. The number of nitrogens with zero attached hydrogens (tertiary/aromatic N) is 2. The number of hydrogen-bond donors (Lipinski definition) is 0. The molecule has 0 N–H and O–H groups in total. The summed E-state index contributed by atoms with van der Waals surface area (Å²) in [5.41, 5.74) is 1.47. The van der Waals surface area contributed by atoms with Gasteiger partial charge in [-0.05, 0) is 62.2 Å². The molecule has 2 aromatic rings. The highest BCUT2D eigenvalue weighted by Crippen LogP contribution is 2.52. The molecule has 2 fully saturated rings. The summed E-state index contributed by atoms with van der Waals surface area (Å²) in [6.07, 6.45) is 6.49. The van der Waals surface area contributed by atoms with Gasteiger partial charge in [-0.25, -0.2) is 0 Å². The summed E-state index contributed by atoms with van der Waals surface area (Å²) in [6, 6.07) is 9.18. The fraction of sp³-hybridized carbons (Fsp3) is 0.292. The van der Waals surface area contributed by atoms with Crippen molar-refractivity contribution in [1.29, 1.82) is 0 Å². The zero-order valence-electron chi connectivity index (χ0n) is 17.5. The van der Waals surface area contributed by atoms with Crippen molar-refractivity contribution in [3.05, 3.63) is 67.6 Å². The van der Waals surface area contributed by atoms with Gasteiger partial charge < -0.3 is 9.47 Å². The molecule has 1 saturated carbocycles. The molecule has 0 spiro atoms. The summed E-state index contributed by atoms with van der Waals surface area (Å²) >= 11 is 13.3. The number of fused-ring (bicyclic) bond motifs is 5. The van der Waals surface area contributed by atoms with Crippen LogP contribution in [0, 0.1) is 23.7 Å². The summed E-state index contributed by atoms with van der Waals surface area (Å²) in [5.74, 6) is 0.243. The largest absolute Gasteiger partial charge is 0.493 e. The Hall–Kier alpha value is -2.16. The lowest BCUT2D eigenvalue weighted by Crippen LogP contribution is -2.28. The Kier molecular flexibility index (Phi) is 6.09. The highest BCUT2D eigenvalue weighted by molar-refractivity contribution is 9.13. The molecule has 1 saturated heterocycles. The monoisotopic (exact) mass is 592 g/mol. The summed E-state index contributed by atoms with van der Waals surface area (Å²) in [6.45, 7) is 0.254. The second kappa shape index (κ2) is 8.89. The molecule has 0 radical (unpaired) electrons. The van der Waals surface area contributed by atoms with E-state index in [1.54, 1.807) is 12.1 Å². The Morgan fingerprint density at radius 3 is 2.42 bits per heavy atom. The van der Waals surface area contributed by atoms with Crippen molar-refractivity contribution in [2.45, 2.75) is 13.0 Å². The Morgan fingerprint density at radius 2 is 1.79 bits per heavy atom. The van der Waals surface area contributed by atoms with E-state index < -0.39 is 0 Å². The average Bonchev–Trinajstić information content (AvgIpc) is 3.49. The number of imide groups is 1. The normalized spacial score (nSPS) is 25.4. The van der Waals surface area contributed by atoms with Crippen LogP contribution in [0.5, 0.6) is 11.5 Å². The number of ether oxygens (including phenoxy) is 2. The molecule has 2 aliphatic carbocycles. The van der Waals surface area contributed by atoms with Crippen LogP contribution in [0.1, 0.15) is 17.5 Å². The lowest BCUT2D eigenvalue weighted by atomic mass is 9.85. The number of benzene rings is 2. The molecule has 33 heavy (non-hydrogen) atoms. The van der Waals surface area contributed by atoms with Gasteiger partial charge in [-0.1, -0.05) is 42.0 Å². The maximum Gasteiger partial charge on any atom is 0.254 e. The molecule has 3 aliphatic rings. The van der Waals surface area contributed by atoms with E-state index in [9.17, 15) is 9.59 Å². The lowest BCUT2D eigenvalue weighted by Gasteiger charge is -2.16. The van der Waals surface area contributed by atoms with E-state index in [4.69, 9.17) is 21.1 Å². The number of carbonyl (C=O) groups is 2. The highest BCUT2D eigenvalue weighted by atomic mass is 79.9. The second-order valence-electron chi connectivity index (χ2n) is 8.24. The van der Waals surface area contributed by atoms with Crippen molar-refractivity contribution >= 4 is 61.5 Å². The predicted molar refractivity (Wildman–Crippen MR) is 131 cm³/mol. The Balaban J connectivity index is 1.39. The molecule has 1 heterocycles. The van der Waals surface area contributed by atoms with Gasteiger partial charge in [0.05, 0.1) is 29.6 Å². The number of amides is 2. The molecule has 170 valence electrons. The number of hydrogen-bond acceptors (Lipinski definition) is 5. The van der Waals surface area contributed by atoms with Gasteiger partial charge in [0.1, 0.15) is 6.61 Å². The molecule has 2 bridgehead atoms. The summed E-state index contributed by atoms with van der Waals surface area (Å²) in [5, 5.41) is 5.90. The third kappa shape index (κ3) is 3.82. The van der Waals surface area contributed by atoms with E-state index >= 15 is 0 Å².